The van der Waals surface area contributed by atoms with E-state index in [2.05, 4.69) is 23.9 Å². The average molecular weight is 301 g/mol. The molecule has 0 heterocycles. The van der Waals surface area contributed by atoms with Crippen molar-refractivity contribution >= 4 is 0 Å². The predicted octanol–water partition coefficient (Wildman–Crippen LogP) is 3.22. The fraction of sp³-hybridized carbons (Fsp3) is 0.625. The standard InChI is InChI=1S/C16H25F2NO2/c1-12(2)10-19-16(3,11-20)9-8-13-4-6-14(7-5-13)21-15(17)18/h4-7,12,15,19-20H,8-11H2,1-3H3. The molecule has 0 aromatic heterocycles. The van der Waals surface area contributed by atoms with Gasteiger partial charge in [-0.3, -0.25) is 0 Å². The minimum atomic E-state index is -2.80. The Morgan fingerprint density at radius 2 is 1.86 bits per heavy atom. The van der Waals surface area contributed by atoms with Gasteiger partial charge in [0.25, 0.3) is 0 Å². The number of aliphatic hydroxyl groups excluding tert-OH is 1. The number of ether oxygens (including phenoxy) is 1. The van der Waals surface area contributed by atoms with Gasteiger partial charge in [-0.15, -0.1) is 0 Å². The maximum absolute atomic E-state index is 12.1. The summed E-state index contributed by atoms with van der Waals surface area (Å²) >= 11 is 0. The van der Waals surface area contributed by atoms with Crippen molar-refractivity contribution < 1.29 is 18.6 Å². The third kappa shape index (κ3) is 6.87. The third-order valence-electron chi connectivity index (χ3n) is 3.40. The summed E-state index contributed by atoms with van der Waals surface area (Å²) in [4.78, 5) is 0. The highest BCUT2D eigenvalue weighted by Crippen LogP contribution is 2.18. The number of aryl methyl sites for hydroxylation is 1. The van der Waals surface area contributed by atoms with Gasteiger partial charge in [0.2, 0.25) is 0 Å². The SMILES string of the molecule is CC(C)CNC(C)(CO)CCc1ccc(OC(F)F)cc1. The number of nitrogens with one attached hydrogen (secondary N) is 1. The number of aliphatic hydroxyl groups is 1. The lowest BCUT2D eigenvalue weighted by atomic mass is 9.93. The molecule has 0 saturated carbocycles. The van der Waals surface area contributed by atoms with E-state index in [1.165, 1.54) is 0 Å². The maximum atomic E-state index is 12.1. The Morgan fingerprint density at radius 1 is 1.24 bits per heavy atom. The molecule has 1 aromatic rings. The molecule has 0 bridgehead atoms. The molecule has 21 heavy (non-hydrogen) atoms. The van der Waals surface area contributed by atoms with Crippen molar-refractivity contribution in [2.75, 3.05) is 13.2 Å². The minimum absolute atomic E-state index is 0.0618. The number of hydrogen-bond donors (Lipinski definition) is 2. The summed E-state index contributed by atoms with van der Waals surface area (Å²) < 4.78 is 28.4. The van der Waals surface area contributed by atoms with Crippen molar-refractivity contribution in [2.24, 2.45) is 5.92 Å². The van der Waals surface area contributed by atoms with Crippen LogP contribution in [0.25, 0.3) is 0 Å². The van der Waals surface area contributed by atoms with Crippen molar-refractivity contribution in [1.82, 2.24) is 5.32 Å². The zero-order chi connectivity index (χ0) is 15.9. The third-order valence-corrected chi connectivity index (χ3v) is 3.40. The van der Waals surface area contributed by atoms with E-state index in [1.54, 1.807) is 24.3 Å². The quantitative estimate of drug-likeness (QED) is 0.736. The summed E-state index contributed by atoms with van der Waals surface area (Å²) in [6.07, 6.45) is 1.53. The van der Waals surface area contributed by atoms with E-state index in [0.717, 1.165) is 24.9 Å². The van der Waals surface area contributed by atoms with Crippen LogP contribution in [0.1, 0.15) is 32.8 Å². The summed E-state index contributed by atoms with van der Waals surface area (Å²) in [5, 5.41) is 12.9. The molecule has 0 aliphatic rings. The van der Waals surface area contributed by atoms with Gasteiger partial charge in [-0.2, -0.15) is 8.78 Å². The van der Waals surface area contributed by atoms with E-state index in [-0.39, 0.29) is 17.9 Å². The van der Waals surface area contributed by atoms with E-state index < -0.39 is 6.61 Å². The van der Waals surface area contributed by atoms with Crippen LogP contribution < -0.4 is 10.1 Å². The number of rotatable bonds is 9. The van der Waals surface area contributed by atoms with E-state index in [1.807, 2.05) is 6.92 Å². The number of hydrogen-bond acceptors (Lipinski definition) is 3. The summed E-state index contributed by atoms with van der Waals surface area (Å²) in [5.41, 5.74) is 0.699. The van der Waals surface area contributed by atoms with E-state index in [9.17, 15) is 13.9 Å². The highest BCUT2D eigenvalue weighted by molar-refractivity contribution is 5.27. The first kappa shape index (κ1) is 17.9. The van der Waals surface area contributed by atoms with Gasteiger partial charge in [-0.25, -0.2) is 0 Å². The topological polar surface area (TPSA) is 41.5 Å². The highest BCUT2D eigenvalue weighted by Gasteiger charge is 2.22. The van der Waals surface area contributed by atoms with Crippen LogP contribution in [0.2, 0.25) is 0 Å². The first-order valence-corrected chi connectivity index (χ1v) is 7.24. The van der Waals surface area contributed by atoms with Gasteiger partial charge in [-0.05, 0) is 49.9 Å². The van der Waals surface area contributed by atoms with Crippen molar-refractivity contribution in [1.29, 1.82) is 0 Å². The first-order valence-electron chi connectivity index (χ1n) is 7.24. The summed E-state index contributed by atoms with van der Waals surface area (Å²) in [6.45, 7) is 4.33. The average Bonchev–Trinajstić information content (AvgIpc) is 2.44. The lowest BCUT2D eigenvalue weighted by Gasteiger charge is -2.30. The van der Waals surface area contributed by atoms with Gasteiger partial charge in [0.05, 0.1) is 6.61 Å². The number of benzene rings is 1. The smallest absolute Gasteiger partial charge is 0.387 e. The Morgan fingerprint density at radius 3 is 2.33 bits per heavy atom. The molecule has 0 aliphatic heterocycles. The fourth-order valence-electron chi connectivity index (χ4n) is 1.93. The molecule has 0 amide bonds. The second-order valence-electron chi connectivity index (χ2n) is 6.02. The molecule has 0 spiro atoms. The molecule has 1 unspecified atom stereocenters. The number of halogens is 2. The molecule has 1 rings (SSSR count). The van der Waals surface area contributed by atoms with E-state index in [0.29, 0.717) is 5.92 Å². The van der Waals surface area contributed by atoms with Crippen LogP contribution >= 0.6 is 0 Å². The van der Waals surface area contributed by atoms with Crippen LogP contribution in [0, 0.1) is 5.92 Å². The Labute approximate surface area is 125 Å². The van der Waals surface area contributed by atoms with Gasteiger partial charge in [-0.1, -0.05) is 26.0 Å². The molecule has 1 atom stereocenters. The zero-order valence-electron chi connectivity index (χ0n) is 12.9. The van der Waals surface area contributed by atoms with Gasteiger partial charge in [0, 0.05) is 5.54 Å². The first-order chi connectivity index (χ1) is 9.84. The van der Waals surface area contributed by atoms with Crippen LogP contribution in [0.5, 0.6) is 5.75 Å². The van der Waals surface area contributed by atoms with Gasteiger partial charge < -0.3 is 15.2 Å². The fourth-order valence-corrected chi connectivity index (χ4v) is 1.93. The van der Waals surface area contributed by atoms with Crippen LogP contribution in [0.15, 0.2) is 24.3 Å². The molecule has 5 heteroatoms. The molecule has 0 fully saturated rings. The summed E-state index contributed by atoms with van der Waals surface area (Å²) in [6, 6.07) is 6.63. The molecule has 0 radical (unpaired) electrons. The molecule has 0 saturated heterocycles. The highest BCUT2D eigenvalue weighted by atomic mass is 19.3. The Kier molecular flexibility index (Phi) is 7.05. The monoisotopic (exact) mass is 301 g/mol. The minimum Gasteiger partial charge on any atom is -0.435 e. The molecule has 3 nitrogen and oxygen atoms in total. The summed E-state index contributed by atoms with van der Waals surface area (Å²) in [7, 11) is 0. The van der Waals surface area contributed by atoms with Crippen molar-refractivity contribution in [3.63, 3.8) is 0 Å². The Bertz CT molecular complexity index is 409. The normalized spacial score (nSPS) is 14.5. The Hall–Kier alpha value is -1.20. The second-order valence-corrected chi connectivity index (χ2v) is 6.02. The van der Waals surface area contributed by atoms with E-state index in [4.69, 9.17) is 0 Å². The lowest BCUT2D eigenvalue weighted by Crippen LogP contribution is -2.47. The van der Waals surface area contributed by atoms with Crippen molar-refractivity contribution in [2.45, 2.75) is 45.8 Å². The molecule has 1 aromatic carbocycles. The van der Waals surface area contributed by atoms with Gasteiger partial charge in [0.15, 0.2) is 0 Å². The molecule has 2 N–H and O–H groups in total. The zero-order valence-corrected chi connectivity index (χ0v) is 12.9. The van der Waals surface area contributed by atoms with Gasteiger partial charge >= 0.3 is 6.61 Å². The van der Waals surface area contributed by atoms with Crippen LogP contribution in [-0.4, -0.2) is 30.4 Å². The van der Waals surface area contributed by atoms with Crippen molar-refractivity contribution in [3.8, 4) is 5.75 Å². The van der Waals surface area contributed by atoms with Gasteiger partial charge in [0.1, 0.15) is 5.75 Å². The number of alkyl halides is 2. The maximum Gasteiger partial charge on any atom is 0.387 e. The largest absolute Gasteiger partial charge is 0.435 e. The molecule has 120 valence electrons. The lowest BCUT2D eigenvalue weighted by molar-refractivity contribution is -0.0498. The van der Waals surface area contributed by atoms with Crippen molar-refractivity contribution in [3.05, 3.63) is 29.8 Å². The van der Waals surface area contributed by atoms with Crippen LogP contribution in [-0.2, 0) is 6.42 Å². The Balaban J connectivity index is 2.52. The summed E-state index contributed by atoms with van der Waals surface area (Å²) in [5.74, 6) is 0.679. The second kappa shape index (κ2) is 8.29. The molecular weight excluding hydrogens is 276 g/mol. The van der Waals surface area contributed by atoms with Crippen LogP contribution in [0.4, 0.5) is 8.78 Å². The molecule has 0 aliphatic carbocycles. The predicted molar refractivity (Wildman–Crippen MR) is 79.7 cm³/mol. The van der Waals surface area contributed by atoms with Crippen LogP contribution in [0.3, 0.4) is 0 Å². The molecular formula is C16H25F2NO2. The van der Waals surface area contributed by atoms with E-state index >= 15 is 0 Å².